The number of nitrogens with zero attached hydrogens (tertiary/aromatic N) is 2. The van der Waals surface area contributed by atoms with Crippen molar-refractivity contribution in [2.45, 2.75) is 6.42 Å². The fourth-order valence-corrected chi connectivity index (χ4v) is 1.75. The van der Waals surface area contributed by atoms with Crippen molar-refractivity contribution in [1.29, 1.82) is 5.26 Å². The van der Waals surface area contributed by atoms with Crippen molar-refractivity contribution in [2.24, 2.45) is 0 Å². The molecule has 0 fully saturated rings. The van der Waals surface area contributed by atoms with Crippen molar-refractivity contribution >= 4 is 5.82 Å². The van der Waals surface area contributed by atoms with Gasteiger partial charge >= 0.3 is 0 Å². The van der Waals surface area contributed by atoms with Crippen LogP contribution in [0.1, 0.15) is 5.56 Å². The zero-order valence-electron chi connectivity index (χ0n) is 10.2. The van der Waals surface area contributed by atoms with Gasteiger partial charge in [0, 0.05) is 11.8 Å². The molecular weight excluding hydrogens is 293 g/mol. The van der Waals surface area contributed by atoms with Crippen LogP contribution >= 0.6 is 0 Å². The standard InChI is InChI=1S/C13H6F5N3/c14-8-7(9(15)11(17)12(18)10(8)16)6-3-5(1-2-19)4-21-13(6)20/h3-4H,1H2,(H2,20,21). The van der Waals surface area contributed by atoms with Gasteiger partial charge in [-0.3, -0.25) is 0 Å². The van der Waals surface area contributed by atoms with Crippen LogP contribution in [0, 0.1) is 40.4 Å². The highest BCUT2D eigenvalue weighted by molar-refractivity contribution is 5.75. The summed E-state index contributed by atoms with van der Waals surface area (Å²) in [4.78, 5) is 3.59. The van der Waals surface area contributed by atoms with Crippen LogP contribution in [0.25, 0.3) is 11.1 Å². The average Bonchev–Trinajstić information content (AvgIpc) is 2.47. The Hall–Kier alpha value is -2.69. The third kappa shape index (κ3) is 2.38. The number of anilines is 1. The van der Waals surface area contributed by atoms with Gasteiger partial charge in [-0.05, 0) is 11.6 Å². The first-order chi connectivity index (χ1) is 9.88. The minimum atomic E-state index is -2.26. The Morgan fingerprint density at radius 2 is 1.52 bits per heavy atom. The van der Waals surface area contributed by atoms with Gasteiger partial charge in [0.25, 0.3) is 0 Å². The normalized spacial score (nSPS) is 10.5. The first kappa shape index (κ1) is 14.7. The van der Waals surface area contributed by atoms with Gasteiger partial charge in [-0.15, -0.1) is 0 Å². The van der Waals surface area contributed by atoms with E-state index in [4.69, 9.17) is 11.0 Å². The van der Waals surface area contributed by atoms with Crippen molar-refractivity contribution in [1.82, 2.24) is 4.98 Å². The Morgan fingerprint density at radius 1 is 1.00 bits per heavy atom. The summed E-state index contributed by atoms with van der Waals surface area (Å²) in [5.41, 5.74) is 4.02. The number of halogens is 5. The van der Waals surface area contributed by atoms with Gasteiger partial charge in [0.05, 0.1) is 18.1 Å². The molecule has 0 unspecified atom stereocenters. The molecular formula is C13H6F5N3. The largest absolute Gasteiger partial charge is 0.383 e. The summed E-state index contributed by atoms with van der Waals surface area (Å²) in [6, 6.07) is 2.83. The molecule has 0 bridgehead atoms. The van der Waals surface area contributed by atoms with E-state index in [0.29, 0.717) is 0 Å². The molecule has 108 valence electrons. The van der Waals surface area contributed by atoms with Gasteiger partial charge in [0.15, 0.2) is 23.3 Å². The number of aromatic nitrogens is 1. The van der Waals surface area contributed by atoms with Crippen LogP contribution in [0.3, 0.4) is 0 Å². The number of rotatable bonds is 2. The number of hydrogen-bond donors (Lipinski definition) is 1. The van der Waals surface area contributed by atoms with E-state index in [1.165, 1.54) is 6.20 Å². The van der Waals surface area contributed by atoms with Crippen LogP contribution in [0.2, 0.25) is 0 Å². The van der Waals surface area contributed by atoms with E-state index in [-0.39, 0.29) is 12.0 Å². The predicted molar refractivity (Wildman–Crippen MR) is 63.2 cm³/mol. The summed E-state index contributed by atoms with van der Waals surface area (Å²) in [5.74, 6) is -10.8. The van der Waals surface area contributed by atoms with Gasteiger partial charge in [-0.1, -0.05) is 0 Å². The molecule has 3 nitrogen and oxygen atoms in total. The molecule has 0 amide bonds. The first-order valence-electron chi connectivity index (χ1n) is 5.51. The number of benzene rings is 1. The molecule has 0 radical (unpaired) electrons. The summed E-state index contributed by atoms with van der Waals surface area (Å²) < 4.78 is 66.8. The van der Waals surface area contributed by atoms with Crippen LogP contribution in [-0.2, 0) is 6.42 Å². The zero-order chi connectivity index (χ0) is 15.7. The molecule has 8 heteroatoms. The van der Waals surface area contributed by atoms with Gasteiger partial charge in [-0.25, -0.2) is 26.9 Å². The molecule has 0 saturated carbocycles. The van der Waals surface area contributed by atoms with E-state index in [1.54, 1.807) is 6.07 Å². The lowest BCUT2D eigenvalue weighted by Gasteiger charge is -2.11. The van der Waals surface area contributed by atoms with Crippen molar-refractivity contribution in [3.05, 3.63) is 46.9 Å². The maximum atomic E-state index is 13.7. The third-order valence-electron chi connectivity index (χ3n) is 2.74. The number of hydrogen-bond acceptors (Lipinski definition) is 3. The Morgan fingerprint density at radius 3 is 2.05 bits per heavy atom. The predicted octanol–water partition coefficient (Wildman–Crippen LogP) is 3.09. The monoisotopic (exact) mass is 299 g/mol. The minimum absolute atomic E-state index is 0.157. The lowest BCUT2D eigenvalue weighted by molar-refractivity contribution is 0.381. The molecule has 0 saturated heterocycles. The Bertz CT molecular complexity index is 738. The first-order valence-corrected chi connectivity index (χ1v) is 5.51. The molecule has 0 aliphatic heterocycles. The van der Waals surface area contributed by atoms with Crippen LogP contribution in [0.5, 0.6) is 0 Å². The third-order valence-corrected chi connectivity index (χ3v) is 2.74. The summed E-state index contributed by atoms with van der Waals surface area (Å²) >= 11 is 0. The van der Waals surface area contributed by atoms with Gasteiger partial charge < -0.3 is 5.73 Å². The van der Waals surface area contributed by atoms with Crippen molar-refractivity contribution in [2.75, 3.05) is 5.73 Å². The van der Waals surface area contributed by atoms with Crippen LogP contribution in [-0.4, -0.2) is 4.98 Å². The highest BCUT2D eigenvalue weighted by Gasteiger charge is 2.27. The Labute approximate surface area is 115 Å². The number of nitrogens with two attached hydrogens (primary N) is 1. The fraction of sp³-hybridized carbons (Fsp3) is 0.0769. The topological polar surface area (TPSA) is 62.7 Å². The van der Waals surface area contributed by atoms with Gasteiger partial charge in [0.1, 0.15) is 5.82 Å². The van der Waals surface area contributed by atoms with Crippen LogP contribution in [0.15, 0.2) is 12.3 Å². The SMILES string of the molecule is N#CCc1cnc(N)c(-c2c(F)c(F)c(F)c(F)c2F)c1. The molecule has 0 aliphatic rings. The summed E-state index contributed by atoms with van der Waals surface area (Å²) in [6.07, 6.45) is 1.02. The Balaban J connectivity index is 2.79. The second kappa shape index (κ2) is 5.36. The fourth-order valence-electron chi connectivity index (χ4n) is 1.75. The van der Waals surface area contributed by atoms with Crippen LogP contribution in [0.4, 0.5) is 27.8 Å². The van der Waals surface area contributed by atoms with Crippen molar-refractivity contribution in [3.63, 3.8) is 0 Å². The summed E-state index contributed by atoms with van der Waals surface area (Å²) in [5, 5.41) is 8.56. The lowest BCUT2D eigenvalue weighted by atomic mass is 10.0. The molecule has 21 heavy (non-hydrogen) atoms. The van der Waals surface area contributed by atoms with E-state index in [0.717, 1.165) is 6.07 Å². The molecule has 1 aromatic carbocycles. The number of nitrogen functional groups attached to an aromatic ring is 1. The summed E-state index contributed by atoms with van der Waals surface area (Å²) in [7, 11) is 0. The smallest absolute Gasteiger partial charge is 0.200 e. The highest BCUT2D eigenvalue weighted by Crippen LogP contribution is 2.34. The molecule has 2 rings (SSSR count). The number of nitriles is 1. The molecule has 0 spiro atoms. The van der Waals surface area contributed by atoms with Crippen LogP contribution < -0.4 is 5.73 Å². The summed E-state index contributed by atoms with van der Waals surface area (Å²) in [6.45, 7) is 0. The minimum Gasteiger partial charge on any atom is -0.383 e. The van der Waals surface area contributed by atoms with E-state index >= 15 is 0 Å². The van der Waals surface area contributed by atoms with E-state index in [9.17, 15) is 22.0 Å². The van der Waals surface area contributed by atoms with E-state index < -0.39 is 46.0 Å². The molecule has 0 atom stereocenters. The Kier molecular flexibility index (Phi) is 3.76. The number of pyridine rings is 1. The van der Waals surface area contributed by atoms with Gasteiger partial charge in [-0.2, -0.15) is 5.26 Å². The van der Waals surface area contributed by atoms with E-state index in [2.05, 4.69) is 4.98 Å². The quantitative estimate of drug-likeness (QED) is 0.526. The van der Waals surface area contributed by atoms with Crippen molar-refractivity contribution < 1.29 is 22.0 Å². The molecule has 1 aromatic heterocycles. The van der Waals surface area contributed by atoms with Gasteiger partial charge in [0.2, 0.25) is 5.82 Å². The molecule has 2 aromatic rings. The second-order valence-corrected chi connectivity index (χ2v) is 4.06. The maximum absolute atomic E-state index is 13.7. The molecule has 0 aliphatic carbocycles. The van der Waals surface area contributed by atoms with Crippen molar-refractivity contribution in [3.8, 4) is 17.2 Å². The highest BCUT2D eigenvalue weighted by atomic mass is 19.2. The molecule has 2 N–H and O–H groups in total. The lowest BCUT2D eigenvalue weighted by Crippen LogP contribution is -2.06. The zero-order valence-corrected chi connectivity index (χ0v) is 10.2. The van der Waals surface area contributed by atoms with E-state index in [1.807, 2.05) is 0 Å². The maximum Gasteiger partial charge on any atom is 0.200 e. The average molecular weight is 299 g/mol. The molecule has 1 heterocycles. The second-order valence-electron chi connectivity index (χ2n) is 4.06.